The summed E-state index contributed by atoms with van der Waals surface area (Å²) in [5.74, 6) is 0.829. The van der Waals surface area contributed by atoms with Crippen LogP contribution in [0.1, 0.15) is 16.1 Å². The van der Waals surface area contributed by atoms with E-state index in [0.717, 1.165) is 32.8 Å². The molecule has 2 aromatic rings. The Morgan fingerprint density at radius 2 is 1.96 bits per heavy atom. The molecule has 1 heterocycles. The van der Waals surface area contributed by atoms with Crippen molar-refractivity contribution < 1.29 is 23.9 Å². The number of likely N-dealkylation sites (N-methyl/N-ethyl adjacent to an activating group) is 1. The normalized spacial score (nSPS) is 12.8. The number of carbonyl (C=O) groups excluding carboxylic acids is 1. The SMILES string of the molecule is COc1ccc2[nH]c(C)c(C(=O)C[NH+](C)CC(OC)OC)c2c1. The molecule has 6 nitrogen and oxygen atoms in total. The first-order valence-corrected chi connectivity index (χ1v) is 7.56. The average Bonchev–Trinajstić information content (AvgIpc) is 2.87. The summed E-state index contributed by atoms with van der Waals surface area (Å²) in [6.07, 6.45) is -0.313. The summed E-state index contributed by atoms with van der Waals surface area (Å²) >= 11 is 0. The molecule has 0 fully saturated rings. The van der Waals surface area contributed by atoms with Gasteiger partial charge < -0.3 is 24.1 Å². The van der Waals surface area contributed by atoms with Crippen LogP contribution in [-0.4, -0.2) is 58.5 Å². The van der Waals surface area contributed by atoms with Crippen LogP contribution in [0.4, 0.5) is 0 Å². The molecule has 0 spiro atoms. The molecule has 2 rings (SSSR count). The van der Waals surface area contributed by atoms with Crippen LogP contribution >= 0.6 is 0 Å². The summed E-state index contributed by atoms with van der Waals surface area (Å²) in [4.78, 5) is 17.0. The maximum Gasteiger partial charge on any atom is 0.219 e. The Morgan fingerprint density at radius 1 is 1.26 bits per heavy atom. The number of hydrogen-bond acceptors (Lipinski definition) is 4. The molecule has 1 unspecified atom stereocenters. The summed E-state index contributed by atoms with van der Waals surface area (Å²) in [5.41, 5.74) is 2.54. The van der Waals surface area contributed by atoms with Gasteiger partial charge in [-0.25, -0.2) is 0 Å². The summed E-state index contributed by atoms with van der Waals surface area (Å²) in [5, 5.41) is 0.898. The number of carbonyl (C=O) groups is 1. The van der Waals surface area contributed by atoms with Gasteiger partial charge in [0.25, 0.3) is 0 Å². The third-order valence-electron chi connectivity index (χ3n) is 3.98. The van der Waals surface area contributed by atoms with Crippen LogP contribution in [-0.2, 0) is 9.47 Å². The Labute approximate surface area is 136 Å². The van der Waals surface area contributed by atoms with Crippen LogP contribution in [0.15, 0.2) is 18.2 Å². The van der Waals surface area contributed by atoms with Crippen LogP contribution in [0.3, 0.4) is 0 Å². The number of hydrogen-bond donors (Lipinski definition) is 2. The Balaban J connectivity index is 2.21. The van der Waals surface area contributed by atoms with Gasteiger partial charge in [0.1, 0.15) is 18.8 Å². The van der Waals surface area contributed by atoms with E-state index in [4.69, 9.17) is 14.2 Å². The number of H-pyrrole nitrogens is 1. The Kier molecular flexibility index (Phi) is 5.76. The lowest BCUT2D eigenvalue weighted by molar-refractivity contribution is -0.877. The van der Waals surface area contributed by atoms with E-state index >= 15 is 0 Å². The number of fused-ring (bicyclic) bond motifs is 1. The van der Waals surface area contributed by atoms with Crippen molar-refractivity contribution in [3.63, 3.8) is 0 Å². The van der Waals surface area contributed by atoms with Gasteiger partial charge >= 0.3 is 0 Å². The Bertz CT molecular complexity index is 677. The maximum atomic E-state index is 12.7. The number of benzene rings is 1. The van der Waals surface area contributed by atoms with Gasteiger partial charge in [-0.2, -0.15) is 0 Å². The lowest BCUT2D eigenvalue weighted by Crippen LogP contribution is -3.11. The van der Waals surface area contributed by atoms with Gasteiger partial charge in [0.05, 0.1) is 19.7 Å². The van der Waals surface area contributed by atoms with Crippen molar-refractivity contribution in [1.82, 2.24) is 4.98 Å². The molecule has 126 valence electrons. The molecule has 0 bridgehead atoms. The van der Waals surface area contributed by atoms with Gasteiger partial charge in [0.15, 0.2) is 0 Å². The fourth-order valence-electron chi connectivity index (χ4n) is 2.77. The third-order valence-corrected chi connectivity index (χ3v) is 3.98. The van der Waals surface area contributed by atoms with Gasteiger partial charge in [-0.05, 0) is 25.1 Å². The second-order valence-electron chi connectivity index (χ2n) is 5.70. The molecule has 0 aliphatic rings. The predicted molar refractivity (Wildman–Crippen MR) is 88.3 cm³/mol. The highest BCUT2D eigenvalue weighted by Gasteiger charge is 2.21. The number of aromatic nitrogens is 1. The summed E-state index contributed by atoms with van der Waals surface area (Å²) < 4.78 is 15.6. The number of ketones is 1. The van der Waals surface area contributed by atoms with E-state index < -0.39 is 0 Å². The highest BCUT2D eigenvalue weighted by Crippen LogP contribution is 2.26. The summed E-state index contributed by atoms with van der Waals surface area (Å²) in [6.45, 7) is 2.89. The van der Waals surface area contributed by atoms with E-state index in [0.29, 0.717) is 13.1 Å². The van der Waals surface area contributed by atoms with Crippen LogP contribution in [0, 0.1) is 6.92 Å². The lowest BCUT2D eigenvalue weighted by Gasteiger charge is -2.18. The summed E-state index contributed by atoms with van der Waals surface area (Å²) in [7, 11) is 6.77. The third kappa shape index (κ3) is 3.90. The Hall–Kier alpha value is -1.89. The summed E-state index contributed by atoms with van der Waals surface area (Å²) in [6, 6.07) is 5.71. The highest BCUT2D eigenvalue weighted by molar-refractivity contribution is 6.10. The Morgan fingerprint density at radius 3 is 2.57 bits per heavy atom. The topological polar surface area (TPSA) is 65.0 Å². The first-order valence-electron chi connectivity index (χ1n) is 7.56. The minimum Gasteiger partial charge on any atom is -0.497 e. The van der Waals surface area contributed by atoms with Crippen molar-refractivity contribution in [3.8, 4) is 5.75 Å². The van der Waals surface area contributed by atoms with Crippen molar-refractivity contribution in [3.05, 3.63) is 29.5 Å². The van der Waals surface area contributed by atoms with E-state index in [-0.39, 0.29) is 12.1 Å². The number of nitrogens with one attached hydrogen (secondary N) is 2. The van der Waals surface area contributed by atoms with Crippen LogP contribution in [0.5, 0.6) is 5.75 Å². The average molecular weight is 321 g/mol. The van der Waals surface area contributed by atoms with Crippen LogP contribution < -0.4 is 9.64 Å². The molecule has 2 N–H and O–H groups in total. The smallest absolute Gasteiger partial charge is 0.219 e. The van der Waals surface area contributed by atoms with Gasteiger partial charge in [0, 0.05) is 30.8 Å². The molecule has 0 radical (unpaired) electrons. The van der Waals surface area contributed by atoms with Crippen molar-refractivity contribution in [2.24, 2.45) is 0 Å². The van der Waals surface area contributed by atoms with Crippen molar-refractivity contribution in [2.75, 3.05) is 41.5 Å². The second kappa shape index (κ2) is 7.59. The minimum absolute atomic E-state index is 0.0884. The molecule has 0 aliphatic carbocycles. The molecule has 0 aliphatic heterocycles. The van der Waals surface area contributed by atoms with Crippen LogP contribution in [0.2, 0.25) is 0 Å². The van der Waals surface area contributed by atoms with E-state index in [1.54, 1.807) is 21.3 Å². The molecule has 1 atom stereocenters. The van der Waals surface area contributed by atoms with E-state index in [1.165, 1.54) is 0 Å². The quantitative estimate of drug-likeness (QED) is 0.558. The van der Waals surface area contributed by atoms with Crippen molar-refractivity contribution in [1.29, 1.82) is 0 Å². The molecule has 6 heteroatoms. The zero-order valence-electron chi connectivity index (χ0n) is 14.4. The lowest BCUT2D eigenvalue weighted by atomic mass is 10.1. The molecule has 0 saturated carbocycles. The van der Waals surface area contributed by atoms with Gasteiger partial charge in [0.2, 0.25) is 12.1 Å². The predicted octanol–water partition coefficient (Wildman–Crippen LogP) is 0.801. The van der Waals surface area contributed by atoms with Crippen molar-refractivity contribution in [2.45, 2.75) is 13.2 Å². The van der Waals surface area contributed by atoms with Gasteiger partial charge in [-0.3, -0.25) is 4.79 Å². The number of quaternary nitrogens is 1. The largest absolute Gasteiger partial charge is 0.497 e. The zero-order valence-corrected chi connectivity index (χ0v) is 14.4. The van der Waals surface area contributed by atoms with Gasteiger partial charge in [-0.1, -0.05) is 0 Å². The number of aromatic amines is 1. The van der Waals surface area contributed by atoms with Crippen LogP contribution in [0.25, 0.3) is 10.9 Å². The zero-order chi connectivity index (χ0) is 17.0. The first kappa shape index (κ1) is 17.5. The van der Waals surface area contributed by atoms with E-state index in [1.807, 2.05) is 32.2 Å². The molecule has 23 heavy (non-hydrogen) atoms. The number of ether oxygens (including phenoxy) is 3. The first-order chi connectivity index (χ1) is 11.0. The molecular formula is C17H25N2O4+. The molecule has 0 saturated heterocycles. The van der Waals surface area contributed by atoms with E-state index in [9.17, 15) is 4.79 Å². The van der Waals surface area contributed by atoms with Gasteiger partial charge in [-0.15, -0.1) is 0 Å². The second-order valence-corrected chi connectivity index (χ2v) is 5.70. The minimum atomic E-state index is -0.313. The number of aryl methyl sites for hydroxylation is 1. The fourth-order valence-corrected chi connectivity index (χ4v) is 2.77. The fraction of sp³-hybridized carbons (Fsp3) is 0.471. The monoisotopic (exact) mass is 321 g/mol. The highest BCUT2D eigenvalue weighted by atomic mass is 16.7. The molecular weight excluding hydrogens is 296 g/mol. The molecule has 1 aromatic carbocycles. The van der Waals surface area contributed by atoms with E-state index in [2.05, 4.69) is 4.98 Å². The number of methoxy groups -OCH3 is 3. The number of Topliss-reactive ketones (excluding diaryl/α,β-unsaturated/α-hetero) is 1. The maximum absolute atomic E-state index is 12.7. The standard InChI is InChI=1S/C17H24N2O4/c1-11-17(13-8-12(21-3)6-7-14(13)18-11)15(20)9-19(2)10-16(22-4)23-5/h6-8,16,18H,9-10H2,1-5H3/p+1. The molecule has 1 aromatic heterocycles. The number of rotatable bonds is 8. The molecule has 0 amide bonds. The van der Waals surface area contributed by atoms with Crippen molar-refractivity contribution >= 4 is 16.7 Å².